The topological polar surface area (TPSA) is 100 Å². The number of hydrogen-bond acceptors (Lipinski definition) is 5. The minimum Gasteiger partial charge on any atom is -0.503 e. The van der Waals surface area contributed by atoms with Crippen LogP contribution >= 0.6 is 15.9 Å². The van der Waals surface area contributed by atoms with Gasteiger partial charge in [-0.1, -0.05) is 30.3 Å². The van der Waals surface area contributed by atoms with Crippen LogP contribution in [0.15, 0.2) is 52.0 Å². The van der Waals surface area contributed by atoms with Crippen molar-refractivity contribution >= 4 is 34.0 Å². The quantitative estimate of drug-likeness (QED) is 0.401. The molecule has 0 aliphatic carbocycles. The zero-order chi connectivity index (χ0) is 18.2. The largest absolute Gasteiger partial charge is 0.503 e. The Kier molecular flexibility index (Phi) is 6.53. The molecule has 2 aromatic carbocycles. The van der Waals surface area contributed by atoms with Crippen LogP contribution in [0.25, 0.3) is 0 Å². The van der Waals surface area contributed by atoms with Gasteiger partial charge in [-0.25, -0.2) is 5.43 Å². The molecule has 0 saturated carbocycles. The second kappa shape index (κ2) is 8.84. The van der Waals surface area contributed by atoms with Gasteiger partial charge >= 0.3 is 11.8 Å². The third kappa shape index (κ3) is 5.32. The average Bonchev–Trinajstić information content (AvgIpc) is 2.63. The average molecular weight is 406 g/mol. The number of amides is 2. The van der Waals surface area contributed by atoms with Gasteiger partial charge in [-0.05, 0) is 39.2 Å². The number of rotatable bonds is 5. The Hall–Kier alpha value is -2.87. The number of benzene rings is 2. The van der Waals surface area contributed by atoms with Crippen molar-refractivity contribution in [1.29, 1.82) is 0 Å². The normalized spacial score (nSPS) is 10.5. The fourth-order valence-electron chi connectivity index (χ4n) is 1.90. The monoisotopic (exact) mass is 405 g/mol. The summed E-state index contributed by atoms with van der Waals surface area (Å²) >= 11 is 3.18. The Labute approximate surface area is 152 Å². The number of phenols is 1. The molecule has 0 bridgehead atoms. The molecule has 0 heterocycles. The zero-order valence-corrected chi connectivity index (χ0v) is 14.9. The highest BCUT2D eigenvalue weighted by molar-refractivity contribution is 9.10. The summed E-state index contributed by atoms with van der Waals surface area (Å²) in [7, 11) is 1.42. The molecule has 25 heavy (non-hydrogen) atoms. The van der Waals surface area contributed by atoms with E-state index in [1.807, 2.05) is 30.3 Å². The molecule has 0 unspecified atom stereocenters. The van der Waals surface area contributed by atoms with Crippen LogP contribution in [0.1, 0.15) is 11.1 Å². The summed E-state index contributed by atoms with van der Waals surface area (Å²) < 4.78 is 5.43. The van der Waals surface area contributed by atoms with Gasteiger partial charge in [-0.2, -0.15) is 5.10 Å². The van der Waals surface area contributed by atoms with E-state index in [0.717, 1.165) is 5.56 Å². The van der Waals surface area contributed by atoms with Crippen LogP contribution in [0.3, 0.4) is 0 Å². The molecule has 0 aromatic heterocycles. The Morgan fingerprint density at radius 2 is 1.96 bits per heavy atom. The first-order chi connectivity index (χ1) is 12.0. The maximum absolute atomic E-state index is 11.7. The number of ether oxygens (including phenoxy) is 1. The summed E-state index contributed by atoms with van der Waals surface area (Å²) in [4.78, 5) is 23.4. The number of phenolic OH excluding ortho intramolecular Hbond substituents is 1. The van der Waals surface area contributed by atoms with Gasteiger partial charge < -0.3 is 15.2 Å². The lowest BCUT2D eigenvalue weighted by Crippen LogP contribution is -2.37. The number of hydrazone groups is 1. The predicted molar refractivity (Wildman–Crippen MR) is 96.4 cm³/mol. The minimum atomic E-state index is -0.878. The van der Waals surface area contributed by atoms with Gasteiger partial charge in [0.2, 0.25) is 0 Å². The molecule has 130 valence electrons. The number of nitrogens with one attached hydrogen (secondary N) is 2. The van der Waals surface area contributed by atoms with Crippen LogP contribution in [-0.4, -0.2) is 30.2 Å². The Bertz CT molecular complexity index is 794. The van der Waals surface area contributed by atoms with E-state index >= 15 is 0 Å². The fourth-order valence-corrected chi connectivity index (χ4v) is 2.36. The molecule has 7 nitrogen and oxygen atoms in total. The third-order valence-electron chi connectivity index (χ3n) is 3.15. The summed E-state index contributed by atoms with van der Waals surface area (Å²) in [6.07, 6.45) is 1.33. The molecule has 2 aromatic rings. The van der Waals surface area contributed by atoms with Gasteiger partial charge in [0.1, 0.15) is 0 Å². The van der Waals surface area contributed by atoms with Gasteiger partial charge in [-0.15, -0.1) is 0 Å². The van der Waals surface area contributed by atoms with E-state index in [2.05, 4.69) is 31.8 Å². The SMILES string of the molecule is COc1cc(/C=N/NC(=O)C(=O)NCc2ccccc2)cc(Br)c1O. The second-order valence-corrected chi connectivity index (χ2v) is 5.78. The van der Waals surface area contributed by atoms with E-state index in [4.69, 9.17) is 4.74 Å². The maximum atomic E-state index is 11.7. The first kappa shape index (κ1) is 18.5. The highest BCUT2D eigenvalue weighted by Gasteiger charge is 2.12. The lowest BCUT2D eigenvalue weighted by molar-refractivity contribution is -0.139. The van der Waals surface area contributed by atoms with Crippen LogP contribution in [0.5, 0.6) is 11.5 Å². The molecule has 3 N–H and O–H groups in total. The summed E-state index contributed by atoms with van der Waals surface area (Å²) in [6.45, 7) is 0.249. The van der Waals surface area contributed by atoms with E-state index in [1.54, 1.807) is 6.07 Å². The first-order valence-electron chi connectivity index (χ1n) is 7.23. The lowest BCUT2D eigenvalue weighted by Gasteiger charge is -2.06. The van der Waals surface area contributed by atoms with Gasteiger partial charge in [0.25, 0.3) is 0 Å². The molecule has 0 aliphatic rings. The van der Waals surface area contributed by atoms with Crippen molar-refractivity contribution in [2.45, 2.75) is 6.54 Å². The number of hydrogen-bond donors (Lipinski definition) is 3. The van der Waals surface area contributed by atoms with E-state index in [9.17, 15) is 14.7 Å². The third-order valence-corrected chi connectivity index (χ3v) is 3.76. The Morgan fingerprint density at radius 3 is 2.64 bits per heavy atom. The van der Waals surface area contributed by atoms with Gasteiger partial charge in [0.15, 0.2) is 11.5 Å². The van der Waals surface area contributed by atoms with Crippen molar-refractivity contribution in [3.63, 3.8) is 0 Å². The van der Waals surface area contributed by atoms with Crippen LogP contribution in [0.4, 0.5) is 0 Å². The maximum Gasteiger partial charge on any atom is 0.329 e. The summed E-state index contributed by atoms with van der Waals surface area (Å²) in [5.41, 5.74) is 3.58. The summed E-state index contributed by atoms with van der Waals surface area (Å²) in [5.74, 6) is -1.45. The van der Waals surface area contributed by atoms with Crippen molar-refractivity contribution < 1.29 is 19.4 Å². The summed E-state index contributed by atoms with van der Waals surface area (Å²) in [5, 5.41) is 15.9. The van der Waals surface area contributed by atoms with Crippen molar-refractivity contribution in [1.82, 2.24) is 10.7 Å². The molecule has 2 rings (SSSR count). The van der Waals surface area contributed by atoms with Crippen LogP contribution in [-0.2, 0) is 16.1 Å². The predicted octanol–water partition coefficient (Wildman–Crippen LogP) is 1.93. The number of carbonyl (C=O) groups is 2. The first-order valence-corrected chi connectivity index (χ1v) is 8.02. The fraction of sp³-hybridized carbons (Fsp3) is 0.118. The van der Waals surface area contributed by atoms with E-state index in [-0.39, 0.29) is 18.0 Å². The molecular weight excluding hydrogens is 390 g/mol. The smallest absolute Gasteiger partial charge is 0.329 e. The highest BCUT2D eigenvalue weighted by Crippen LogP contribution is 2.34. The molecule has 8 heteroatoms. The molecule has 2 amide bonds. The standard InChI is InChI=1S/C17H16BrN3O4/c1-25-14-8-12(7-13(18)15(14)22)10-20-21-17(24)16(23)19-9-11-5-3-2-4-6-11/h2-8,10,22H,9H2,1H3,(H,19,23)(H,21,24)/b20-10+. The number of halogens is 1. The molecule has 0 atom stereocenters. The van der Waals surface area contributed by atoms with E-state index in [1.165, 1.54) is 19.4 Å². The van der Waals surface area contributed by atoms with Crippen LogP contribution < -0.4 is 15.5 Å². The molecule has 0 saturated heterocycles. The van der Waals surface area contributed by atoms with Crippen molar-refractivity contribution in [3.8, 4) is 11.5 Å². The number of methoxy groups -OCH3 is 1. The molecule has 0 aliphatic heterocycles. The zero-order valence-electron chi connectivity index (χ0n) is 13.3. The number of carbonyl (C=O) groups excluding carboxylic acids is 2. The van der Waals surface area contributed by atoms with Gasteiger partial charge in [0, 0.05) is 6.54 Å². The number of aromatic hydroxyl groups is 1. The molecule has 0 spiro atoms. The van der Waals surface area contributed by atoms with Gasteiger partial charge in [-0.3, -0.25) is 9.59 Å². The second-order valence-electron chi connectivity index (χ2n) is 4.92. The summed E-state index contributed by atoms with van der Waals surface area (Å²) in [6, 6.07) is 12.3. The Morgan fingerprint density at radius 1 is 1.24 bits per heavy atom. The minimum absolute atomic E-state index is 0.0380. The molecular formula is C17H16BrN3O4. The van der Waals surface area contributed by atoms with Gasteiger partial charge in [0.05, 0.1) is 17.8 Å². The van der Waals surface area contributed by atoms with Crippen LogP contribution in [0.2, 0.25) is 0 Å². The van der Waals surface area contributed by atoms with Crippen molar-refractivity contribution in [2.24, 2.45) is 5.10 Å². The van der Waals surface area contributed by atoms with Crippen LogP contribution in [0, 0.1) is 0 Å². The number of nitrogens with zero attached hydrogens (tertiary/aromatic N) is 1. The lowest BCUT2D eigenvalue weighted by atomic mass is 10.2. The van der Waals surface area contributed by atoms with Crippen molar-refractivity contribution in [2.75, 3.05) is 7.11 Å². The molecule has 0 fully saturated rings. The molecule has 0 radical (unpaired) electrons. The Balaban J connectivity index is 1.89. The van der Waals surface area contributed by atoms with E-state index < -0.39 is 11.8 Å². The highest BCUT2D eigenvalue weighted by atomic mass is 79.9. The van der Waals surface area contributed by atoms with E-state index in [0.29, 0.717) is 10.0 Å². The van der Waals surface area contributed by atoms with Crippen molar-refractivity contribution in [3.05, 3.63) is 58.1 Å².